The predicted octanol–water partition coefficient (Wildman–Crippen LogP) is 4.20. The summed E-state index contributed by atoms with van der Waals surface area (Å²) >= 11 is 0. The van der Waals surface area contributed by atoms with Gasteiger partial charge in [-0.25, -0.2) is 0 Å². The highest BCUT2D eigenvalue weighted by Crippen LogP contribution is 2.24. The zero-order chi connectivity index (χ0) is 20.1. The Morgan fingerprint density at radius 1 is 1.03 bits per heavy atom. The summed E-state index contributed by atoms with van der Waals surface area (Å²) in [6, 6.07) is 19.6. The van der Waals surface area contributed by atoms with Crippen molar-refractivity contribution in [2.45, 2.75) is 38.0 Å². The molecule has 1 aromatic heterocycles. The first-order chi connectivity index (χ1) is 14.2. The fourth-order valence-electron chi connectivity index (χ4n) is 3.75. The van der Waals surface area contributed by atoms with Crippen molar-refractivity contribution in [1.82, 2.24) is 10.3 Å². The number of anilines is 1. The van der Waals surface area contributed by atoms with Gasteiger partial charge in [-0.1, -0.05) is 42.5 Å². The van der Waals surface area contributed by atoms with Crippen LogP contribution in [0.15, 0.2) is 73.1 Å². The minimum atomic E-state index is -0.0672. The van der Waals surface area contributed by atoms with E-state index in [0.29, 0.717) is 17.9 Å². The number of pyridine rings is 1. The van der Waals surface area contributed by atoms with Gasteiger partial charge in [0.1, 0.15) is 0 Å². The molecule has 0 bridgehead atoms. The van der Waals surface area contributed by atoms with E-state index >= 15 is 0 Å². The number of carbonyl (C=O) groups is 1. The second-order valence-corrected chi connectivity index (χ2v) is 7.43. The summed E-state index contributed by atoms with van der Waals surface area (Å²) in [4.78, 5) is 16.8. The van der Waals surface area contributed by atoms with Crippen LogP contribution in [0, 0.1) is 0 Å². The van der Waals surface area contributed by atoms with Crippen molar-refractivity contribution in [3.63, 3.8) is 0 Å². The maximum Gasteiger partial charge on any atom is 0.251 e. The third kappa shape index (κ3) is 4.81. The van der Waals surface area contributed by atoms with Crippen LogP contribution in [0.4, 0.5) is 5.69 Å². The molecule has 3 aromatic rings. The molecule has 5 heteroatoms. The third-order valence-corrected chi connectivity index (χ3v) is 5.32. The zero-order valence-electron chi connectivity index (χ0n) is 16.3. The first-order valence-electron chi connectivity index (χ1n) is 9.96. The van der Waals surface area contributed by atoms with E-state index in [1.807, 2.05) is 48.5 Å². The molecule has 0 radical (unpaired) electrons. The van der Waals surface area contributed by atoms with Gasteiger partial charge in [-0.3, -0.25) is 9.78 Å². The van der Waals surface area contributed by atoms with Gasteiger partial charge < -0.3 is 15.8 Å². The van der Waals surface area contributed by atoms with Crippen molar-refractivity contribution in [3.8, 4) is 11.1 Å². The fraction of sp³-hybridized carbons (Fsp3) is 0.250. The number of nitrogens with one attached hydrogen (secondary N) is 1. The van der Waals surface area contributed by atoms with Crippen molar-refractivity contribution in [3.05, 3.63) is 84.2 Å². The highest BCUT2D eigenvalue weighted by molar-refractivity contribution is 5.95. The predicted molar refractivity (Wildman–Crippen MR) is 114 cm³/mol. The topological polar surface area (TPSA) is 77.2 Å². The van der Waals surface area contributed by atoms with Gasteiger partial charge >= 0.3 is 0 Å². The molecule has 1 heterocycles. The quantitative estimate of drug-likeness (QED) is 0.665. The average Bonchev–Trinajstić information content (AvgIpc) is 3.20. The van der Waals surface area contributed by atoms with Gasteiger partial charge in [-0.2, -0.15) is 0 Å². The van der Waals surface area contributed by atoms with Gasteiger partial charge in [-0.05, 0) is 48.6 Å². The number of ether oxygens (including phenoxy) is 1. The number of aromatic nitrogens is 1. The van der Waals surface area contributed by atoms with Crippen LogP contribution in [-0.2, 0) is 11.3 Å². The van der Waals surface area contributed by atoms with E-state index in [9.17, 15) is 4.79 Å². The molecule has 1 aliphatic rings. The summed E-state index contributed by atoms with van der Waals surface area (Å²) < 4.78 is 6.09. The van der Waals surface area contributed by atoms with Crippen molar-refractivity contribution >= 4 is 11.6 Å². The van der Waals surface area contributed by atoms with Gasteiger partial charge in [0, 0.05) is 23.5 Å². The lowest BCUT2D eigenvalue weighted by atomic mass is 10.0. The lowest BCUT2D eigenvalue weighted by Gasteiger charge is -2.21. The summed E-state index contributed by atoms with van der Waals surface area (Å²) in [5, 5.41) is 3.15. The molecule has 2 atom stereocenters. The van der Waals surface area contributed by atoms with Gasteiger partial charge in [0.15, 0.2) is 0 Å². The van der Waals surface area contributed by atoms with E-state index in [4.69, 9.17) is 10.5 Å². The minimum Gasteiger partial charge on any atom is -0.397 e. The number of hydrogen-bond acceptors (Lipinski definition) is 4. The smallest absolute Gasteiger partial charge is 0.251 e. The van der Waals surface area contributed by atoms with Crippen molar-refractivity contribution in [1.29, 1.82) is 0 Å². The number of rotatable bonds is 6. The van der Waals surface area contributed by atoms with Crippen LogP contribution in [0.3, 0.4) is 0 Å². The Hall–Kier alpha value is -3.18. The summed E-state index contributed by atoms with van der Waals surface area (Å²) in [7, 11) is 0. The van der Waals surface area contributed by atoms with Crippen LogP contribution in [-0.4, -0.2) is 23.0 Å². The van der Waals surface area contributed by atoms with Crippen LogP contribution in [0.5, 0.6) is 0 Å². The molecule has 1 amide bonds. The van der Waals surface area contributed by atoms with Crippen LogP contribution in [0.1, 0.15) is 35.2 Å². The first-order valence-corrected chi connectivity index (χ1v) is 9.96. The van der Waals surface area contributed by atoms with Gasteiger partial charge in [0.2, 0.25) is 0 Å². The average molecular weight is 387 g/mol. The Balaban J connectivity index is 1.36. The first kappa shape index (κ1) is 19.2. The third-order valence-electron chi connectivity index (χ3n) is 5.32. The number of nitrogen functional groups attached to an aromatic ring is 1. The van der Waals surface area contributed by atoms with Crippen LogP contribution in [0.2, 0.25) is 0 Å². The second kappa shape index (κ2) is 8.88. The van der Waals surface area contributed by atoms with E-state index in [1.54, 1.807) is 12.4 Å². The largest absolute Gasteiger partial charge is 0.397 e. The van der Waals surface area contributed by atoms with Crippen LogP contribution >= 0.6 is 0 Å². The normalized spacial score (nSPS) is 18.5. The van der Waals surface area contributed by atoms with Crippen molar-refractivity contribution < 1.29 is 9.53 Å². The summed E-state index contributed by atoms with van der Waals surface area (Å²) in [6.45, 7) is 0.570. The number of nitrogens with two attached hydrogens (primary N) is 1. The molecule has 0 unspecified atom stereocenters. The molecule has 0 saturated heterocycles. The number of nitrogens with zero attached hydrogens (tertiary/aromatic N) is 1. The van der Waals surface area contributed by atoms with E-state index in [2.05, 4.69) is 22.4 Å². The molecule has 1 aliphatic carbocycles. The van der Waals surface area contributed by atoms with Crippen LogP contribution in [0.25, 0.3) is 11.1 Å². The molecule has 1 fully saturated rings. The Morgan fingerprint density at radius 2 is 1.83 bits per heavy atom. The molecular weight excluding hydrogens is 362 g/mol. The Kier molecular flexibility index (Phi) is 5.86. The summed E-state index contributed by atoms with van der Waals surface area (Å²) in [5.74, 6) is -0.0672. The maximum atomic E-state index is 12.7. The highest BCUT2D eigenvalue weighted by atomic mass is 16.5. The number of amides is 1. The highest BCUT2D eigenvalue weighted by Gasteiger charge is 2.29. The van der Waals surface area contributed by atoms with E-state index in [0.717, 1.165) is 36.0 Å². The van der Waals surface area contributed by atoms with Crippen molar-refractivity contribution in [2.24, 2.45) is 0 Å². The molecule has 2 aromatic carbocycles. The molecule has 0 aliphatic heterocycles. The van der Waals surface area contributed by atoms with E-state index in [1.165, 1.54) is 0 Å². The monoisotopic (exact) mass is 387 g/mol. The van der Waals surface area contributed by atoms with E-state index in [-0.39, 0.29) is 18.1 Å². The molecule has 1 saturated carbocycles. The SMILES string of the molecule is Nc1cncc(-c2ccc(C(=O)N[C@@H]3CCC[C@H]3OCc3ccccc3)cc2)c1. The number of benzene rings is 2. The molecule has 0 spiro atoms. The van der Waals surface area contributed by atoms with Gasteiger partial charge in [0.05, 0.1) is 24.4 Å². The summed E-state index contributed by atoms with van der Waals surface area (Å²) in [6.07, 6.45) is 6.40. The summed E-state index contributed by atoms with van der Waals surface area (Å²) in [5.41, 5.74) is 10.1. The minimum absolute atomic E-state index is 0.0454. The lowest BCUT2D eigenvalue weighted by Crippen LogP contribution is -2.41. The molecule has 4 rings (SSSR count). The molecular formula is C24H25N3O2. The zero-order valence-corrected chi connectivity index (χ0v) is 16.3. The molecule has 148 valence electrons. The second-order valence-electron chi connectivity index (χ2n) is 7.43. The van der Waals surface area contributed by atoms with Crippen molar-refractivity contribution in [2.75, 3.05) is 5.73 Å². The Morgan fingerprint density at radius 3 is 2.59 bits per heavy atom. The van der Waals surface area contributed by atoms with Crippen LogP contribution < -0.4 is 11.1 Å². The molecule has 29 heavy (non-hydrogen) atoms. The Bertz CT molecular complexity index is 957. The van der Waals surface area contributed by atoms with Gasteiger partial charge in [-0.15, -0.1) is 0 Å². The molecule has 5 nitrogen and oxygen atoms in total. The molecule has 3 N–H and O–H groups in total. The Labute approximate surface area is 170 Å². The number of hydrogen-bond donors (Lipinski definition) is 2. The van der Waals surface area contributed by atoms with E-state index < -0.39 is 0 Å². The standard InChI is InChI=1S/C24H25N3O2/c25-21-13-20(14-26-15-21)18-9-11-19(12-10-18)24(28)27-22-7-4-8-23(22)29-16-17-5-2-1-3-6-17/h1-3,5-6,9-15,22-23H,4,7-8,16,25H2,(H,27,28)/t22-,23-/m1/s1. The fourth-order valence-corrected chi connectivity index (χ4v) is 3.75. The number of carbonyl (C=O) groups excluding carboxylic acids is 1. The lowest BCUT2D eigenvalue weighted by molar-refractivity contribution is 0.0272. The maximum absolute atomic E-state index is 12.7. The van der Waals surface area contributed by atoms with Gasteiger partial charge in [0.25, 0.3) is 5.91 Å².